The van der Waals surface area contributed by atoms with Gasteiger partial charge in [0.05, 0.1) is 23.2 Å². The summed E-state index contributed by atoms with van der Waals surface area (Å²) in [6, 6.07) is 9.07. The Labute approximate surface area is 157 Å². The monoisotopic (exact) mass is 384 g/mol. The van der Waals surface area contributed by atoms with Crippen LogP contribution in [-0.4, -0.2) is 35.5 Å². The number of hydrogen-bond acceptors (Lipinski definition) is 5. The minimum Gasteiger partial charge on any atom is -0.453 e. The van der Waals surface area contributed by atoms with Crippen molar-refractivity contribution in [1.82, 2.24) is 9.78 Å². The minimum absolute atomic E-state index is 0.121. The van der Waals surface area contributed by atoms with Crippen LogP contribution in [0.25, 0.3) is 17.0 Å². The Kier molecular flexibility index (Phi) is 4.26. The van der Waals surface area contributed by atoms with Crippen LogP contribution in [0.4, 0.5) is 0 Å². The van der Waals surface area contributed by atoms with Crippen molar-refractivity contribution in [2.75, 3.05) is 11.5 Å². The number of allylic oxidation sites excluding steroid dienone is 1. The number of carbonyl (C=O) groups excluding carboxylic acids is 1. The number of nitrogens with zero attached hydrogens (tertiary/aromatic N) is 2. The number of fused-ring (bicyclic) bond motifs is 1. The third-order valence-electron chi connectivity index (χ3n) is 5.00. The van der Waals surface area contributed by atoms with Crippen LogP contribution >= 0.6 is 0 Å². The summed E-state index contributed by atoms with van der Waals surface area (Å²) in [6.07, 6.45) is 3.78. The van der Waals surface area contributed by atoms with E-state index in [4.69, 9.17) is 4.42 Å². The second-order valence-corrected chi connectivity index (χ2v) is 9.16. The largest absolute Gasteiger partial charge is 0.453 e. The van der Waals surface area contributed by atoms with Crippen LogP contribution in [0.5, 0.6) is 0 Å². The molecule has 0 radical (unpaired) electrons. The maximum absolute atomic E-state index is 12.5. The fourth-order valence-corrected chi connectivity index (χ4v) is 5.28. The first-order valence-corrected chi connectivity index (χ1v) is 10.6. The van der Waals surface area contributed by atoms with Gasteiger partial charge >= 0.3 is 0 Å². The Morgan fingerprint density at radius 1 is 1.30 bits per heavy atom. The normalized spacial score (nSPS) is 19.3. The van der Waals surface area contributed by atoms with E-state index in [0.29, 0.717) is 12.0 Å². The Morgan fingerprint density at radius 2 is 2.07 bits per heavy atom. The zero-order valence-electron chi connectivity index (χ0n) is 15.2. The molecule has 1 saturated heterocycles. The van der Waals surface area contributed by atoms with Gasteiger partial charge in [0.15, 0.2) is 15.6 Å². The van der Waals surface area contributed by atoms with Crippen LogP contribution in [0.2, 0.25) is 0 Å². The lowest BCUT2D eigenvalue weighted by molar-refractivity contribution is 0.102. The van der Waals surface area contributed by atoms with Gasteiger partial charge in [0, 0.05) is 16.6 Å². The number of aryl methyl sites for hydroxylation is 1. The van der Waals surface area contributed by atoms with Crippen molar-refractivity contribution < 1.29 is 17.6 Å². The highest BCUT2D eigenvalue weighted by Gasteiger charge is 2.31. The van der Waals surface area contributed by atoms with E-state index >= 15 is 0 Å². The number of hydrogen-bond donors (Lipinski definition) is 0. The van der Waals surface area contributed by atoms with Crippen LogP contribution in [0.3, 0.4) is 0 Å². The topological polar surface area (TPSA) is 82.2 Å². The average molecular weight is 384 g/mol. The van der Waals surface area contributed by atoms with E-state index in [1.165, 1.54) is 6.08 Å². The van der Waals surface area contributed by atoms with Crippen LogP contribution in [-0.2, 0) is 9.84 Å². The van der Waals surface area contributed by atoms with Gasteiger partial charge in [0.25, 0.3) is 0 Å². The molecule has 4 rings (SSSR count). The molecule has 1 unspecified atom stereocenters. The molecule has 1 aromatic carbocycles. The highest BCUT2D eigenvalue weighted by molar-refractivity contribution is 7.91. The van der Waals surface area contributed by atoms with Gasteiger partial charge in [0.1, 0.15) is 5.58 Å². The van der Waals surface area contributed by atoms with Gasteiger partial charge in [-0.05, 0) is 44.6 Å². The molecule has 0 amide bonds. The van der Waals surface area contributed by atoms with Crippen LogP contribution in [0.15, 0.2) is 40.8 Å². The summed E-state index contributed by atoms with van der Waals surface area (Å²) in [7, 11) is -2.98. The Balaban J connectivity index is 1.59. The average Bonchev–Trinajstić information content (AvgIpc) is 3.29. The van der Waals surface area contributed by atoms with Crippen LogP contribution < -0.4 is 0 Å². The molecule has 1 fully saturated rings. The third-order valence-corrected chi connectivity index (χ3v) is 6.76. The molecule has 3 heterocycles. The number of para-hydroxylation sites is 1. The molecule has 140 valence electrons. The van der Waals surface area contributed by atoms with Gasteiger partial charge in [-0.3, -0.25) is 9.48 Å². The zero-order chi connectivity index (χ0) is 19.2. The van der Waals surface area contributed by atoms with Gasteiger partial charge in [-0.15, -0.1) is 0 Å². The molecule has 0 aliphatic carbocycles. The zero-order valence-corrected chi connectivity index (χ0v) is 16.0. The SMILES string of the molecule is Cc1nn(C2CCS(=O)(=O)C2)c(C)c1/C=C/C(=O)c1cc2ccccc2o1. The predicted molar refractivity (Wildman–Crippen MR) is 104 cm³/mol. The summed E-state index contributed by atoms with van der Waals surface area (Å²) in [5.41, 5.74) is 3.15. The van der Waals surface area contributed by atoms with E-state index in [9.17, 15) is 13.2 Å². The maximum atomic E-state index is 12.5. The number of ketones is 1. The van der Waals surface area contributed by atoms with Gasteiger partial charge in [-0.25, -0.2) is 8.42 Å². The quantitative estimate of drug-likeness (QED) is 0.508. The minimum atomic E-state index is -2.98. The predicted octanol–water partition coefficient (Wildman–Crippen LogP) is 3.50. The van der Waals surface area contributed by atoms with E-state index in [0.717, 1.165) is 22.3 Å². The molecule has 2 aromatic heterocycles. The maximum Gasteiger partial charge on any atom is 0.221 e. The second-order valence-electron chi connectivity index (χ2n) is 6.93. The summed E-state index contributed by atoms with van der Waals surface area (Å²) in [6.45, 7) is 3.76. The Hall–Kier alpha value is -2.67. The van der Waals surface area contributed by atoms with E-state index in [1.807, 2.05) is 38.1 Å². The molecule has 27 heavy (non-hydrogen) atoms. The van der Waals surface area contributed by atoms with Crippen molar-refractivity contribution in [1.29, 1.82) is 0 Å². The van der Waals surface area contributed by atoms with Crippen molar-refractivity contribution in [2.24, 2.45) is 0 Å². The molecule has 1 aliphatic heterocycles. The Morgan fingerprint density at radius 3 is 2.78 bits per heavy atom. The standard InChI is InChI=1S/C20H20N2O4S/c1-13-17(14(2)22(21-13)16-9-10-27(24,25)12-16)7-8-18(23)20-11-15-5-3-4-6-19(15)26-20/h3-8,11,16H,9-10,12H2,1-2H3/b8-7+. The summed E-state index contributed by atoms with van der Waals surface area (Å²) in [5, 5.41) is 5.40. The summed E-state index contributed by atoms with van der Waals surface area (Å²) in [5.74, 6) is 0.389. The van der Waals surface area contributed by atoms with Crippen molar-refractivity contribution in [3.8, 4) is 0 Å². The molecular weight excluding hydrogens is 364 g/mol. The van der Waals surface area contributed by atoms with Gasteiger partial charge in [-0.1, -0.05) is 18.2 Å². The molecule has 3 aromatic rings. The lowest BCUT2D eigenvalue weighted by Gasteiger charge is -2.10. The van der Waals surface area contributed by atoms with E-state index in [1.54, 1.807) is 16.8 Å². The van der Waals surface area contributed by atoms with Crippen molar-refractivity contribution in [3.05, 3.63) is 59.1 Å². The number of benzene rings is 1. The fraction of sp³-hybridized carbons (Fsp3) is 0.300. The highest BCUT2D eigenvalue weighted by atomic mass is 32.2. The molecule has 0 N–H and O–H groups in total. The van der Waals surface area contributed by atoms with Crippen LogP contribution in [0, 0.1) is 13.8 Å². The molecule has 6 nitrogen and oxygen atoms in total. The molecule has 0 spiro atoms. The molecular formula is C20H20N2O4S. The summed E-state index contributed by atoms with van der Waals surface area (Å²) >= 11 is 0. The first-order chi connectivity index (χ1) is 12.8. The Bertz CT molecular complexity index is 1140. The number of rotatable bonds is 4. The molecule has 0 saturated carbocycles. The molecule has 7 heteroatoms. The lowest BCUT2D eigenvalue weighted by atomic mass is 10.1. The number of aromatic nitrogens is 2. The molecule has 1 aliphatic rings. The van der Waals surface area contributed by atoms with Crippen molar-refractivity contribution in [3.63, 3.8) is 0 Å². The number of furan rings is 1. The van der Waals surface area contributed by atoms with Crippen LogP contribution in [0.1, 0.15) is 40.0 Å². The van der Waals surface area contributed by atoms with E-state index in [-0.39, 0.29) is 29.1 Å². The van der Waals surface area contributed by atoms with Crippen molar-refractivity contribution >= 4 is 32.7 Å². The fourth-order valence-electron chi connectivity index (χ4n) is 3.59. The number of sulfone groups is 1. The van der Waals surface area contributed by atoms with Gasteiger partial charge in [-0.2, -0.15) is 5.10 Å². The lowest BCUT2D eigenvalue weighted by Crippen LogP contribution is -2.13. The summed E-state index contributed by atoms with van der Waals surface area (Å²) in [4.78, 5) is 12.5. The first kappa shape index (κ1) is 17.7. The van der Waals surface area contributed by atoms with Gasteiger partial charge < -0.3 is 4.42 Å². The van der Waals surface area contributed by atoms with Gasteiger partial charge in [0.2, 0.25) is 5.78 Å². The third kappa shape index (κ3) is 3.35. The van der Waals surface area contributed by atoms with E-state index in [2.05, 4.69) is 5.10 Å². The highest BCUT2D eigenvalue weighted by Crippen LogP contribution is 2.27. The number of carbonyl (C=O) groups is 1. The second kappa shape index (κ2) is 6.49. The molecule has 1 atom stereocenters. The first-order valence-electron chi connectivity index (χ1n) is 8.81. The van der Waals surface area contributed by atoms with Crippen molar-refractivity contribution in [2.45, 2.75) is 26.3 Å². The smallest absolute Gasteiger partial charge is 0.221 e. The molecule has 0 bridgehead atoms. The van der Waals surface area contributed by atoms with E-state index < -0.39 is 9.84 Å². The summed E-state index contributed by atoms with van der Waals surface area (Å²) < 4.78 is 30.9.